The van der Waals surface area contributed by atoms with E-state index in [1.807, 2.05) is 24.3 Å². The third-order valence-corrected chi connectivity index (χ3v) is 3.73. The fraction of sp³-hybridized carbons (Fsp3) is 0.400. The topological polar surface area (TPSA) is 93.7 Å². The van der Waals surface area contributed by atoms with E-state index in [2.05, 4.69) is 10.00 Å². The van der Waals surface area contributed by atoms with Crippen molar-refractivity contribution in [2.45, 2.75) is 19.2 Å². The molecular weight excluding hydrogens is 300 g/mol. The number of nitro groups is 1. The van der Waals surface area contributed by atoms with Gasteiger partial charge in [0.1, 0.15) is 24.8 Å². The van der Waals surface area contributed by atoms with Gasteiger partial charge in [-0.15, -0.1) is 0 Å². The summed E-state index contributed by atoms with van der Waals surface area (Å²) < 4.78 is 7.09. The number of aliphatic hydroxyl groups excluding tert-OH is 1. The number of benzene rings is 1. The maximum atomic E-state index is 10.6. The molecule has 1 N–H and O–H groups in total. The Morgan fingerprint density at radius 2 is 2.22 bits per heavy atom. The zero-order chi connectivity index (χ0) is 16.2. The lowest BCUT2D eigenvalue weighted by molar-refractivity contribution is -0.385. The van der Waals surface area contributed by atoms with E-state index < -0.39 is 11.0 Å². The standard InChI is InChI=1S/C15H18N4O4/c20-14(11-18-9-13(7-16-18)19(21)22)10-17-5-6-23-15-4-2-1-3-12(15)8-17/h1-4,7,9,14,20H,5-6,8,10-11H2/t14-/m1/s1. The minimum Gasteiger partial charge on any atom is -0.492 e. The number of fused-ring (bicyclic) bond motifs is 1. The molecule has 122 valence electrons. The molecule has 0 radical (unpaired) electrons. The SMILES string of the molecule is O=[N+]([O-])c1cnn(C[C@H](O)CN2CCOc3ccccc3C2)c1. The molecule has 0 saturated heterocycles. The van der Waals surface area contributed by atoms with Crippen LogP contribution in [0, 0.1) is 10.1 Å². The first-order chi connectivity index (χ1) is 11.1. The molecule has 2 heterocycles. The molecule has 0 fully saturated rings. The number of para-hydroxylation sites is 1. The first-order valence-corrected chi connectivity index (χ1v) is 7.40. The molecule has 0 bridgehead atoms. The van der Waals surface area contributed by atoms with Gasteiger partial charge >= 0.3 is 5.69 Å². The van der Waals surface area contributed by atoms with Crippen molar-refractivity contribution in [3.8, 4) is 5.75 Å². The Labute approximate surface area is 133 Å². The molecular formula is C15H18N4O4. The van der Waals surface area contributed by atoms with Crippen molar-refractivity contribution in [2.75, 3.05) is 19.7 Å². The van der Waals surface area contributed by atoms with Crippen molar-refractivity contribution >= 4 is 5.69 Å². The van der Waals surface area contributed by atoms with Gasteiger partial charge in [0.25, 0.3) is 0 Å². The van der Waals surface area contributed by atoms with E-state index >= 15 is 0 Å². The quantitative estimate of drug-likeness (QED) is 0.654. The lowest BCUT2D eigenvalue weighted by atomic mass is 10.2. The van der Waals surface area contributed by atoms with Crippen molar-refractivity contribution in [3.05, 3.63) is 52.3 Å². The summed E-state index contributed by atoms with van der Waals surface area (Å²) in [6.07, 6.45) is 1.84. The summed E-state index contributed by atoms with van der Waals surface area (Å²) in [5.41, 5.74) is 1.02. The van der Waals surface area contributed by atoms with E-state index in [9.17, 15) is 15.2 Å². The Kier molecular flexibility index (Phi) is 4.54. The van der Waals surface area contributed by atoms with Crippen LogP contribution >= 0.6 is 0 Å². The van der Waals surface area contributed by atoms with Crippen molar-refractivity contribution < 1.29 is 14.8 Å². The highest BCUT2D eigenvalue weighted by Crippen LogP contribution is 2.22. The molecule has 1 aromatic carbocycles. The van der Waals surface area contributed by atoms with Crippen LogP contribution in [0.3, 0.4) is 0 Å². The predicted molar refractivity (Wildman–Crippen MR) is 82.1 cm³/mol. The number of rotatable bonds is 5. The summed E-state index contributed by atoms with van der Waals surface area (Å²) in [5.74, 6) is 0.882. The molecule has 8 heteroatoms. The second kappa shape index (κ2) is 6.76. The summed E-state index contributed by atoms with van der Waals surface area (Å²) in [5, 5.41) is 24.8. The zero-order valence-corrected chi connectivity index (χ0v) is 12.5. The molecule has 0 unspecified atom stereocenters. The average Bonchev–Trinajstić information content (AvgIpc) is 2.88. The summed E-state index contributed by atoms with van der Waals surface area (Å²) in [4.78, 5) is 12.2. The van der Waals surface area contributed by atoms with Gasteiger partial charge in [-0.2, -0.15) is 5.10 Å². The average molecular weight is 318 g/mol. The fourth-order valence-electron chi connectivity index (χ4n) is 2.65. The molecule has 0 aliphatic carbocycles. The molecule has 0 amide bonds. The van der Waals surface area contributed by atoms with Gasteiger partial charge in [0.15, 0.2) is 0 Å². The van der Waals surface area contributed by atoms with Crippen molar-refractivity contribution in [3.63, 3.8) is 0 Å². The van der Waals surface area contributed by atoms with E-state index in [4.69, 9.17) is 4.74 Å². The Morgan fingerprint density at radius 1 is 1.39 bits per heavy atom. The highest BCUT2D eigenvalue weighted by Gasteiger charge is 2.19. The normalized spacial score (nSPS) is 16.2. The molecule has 2 aromatic rings. The van der Waals surface area contributed by atoms with Crippen molar-refractivity contribution in [2.24, 2.45) is 0 Å². The lowest BCUT2D eigenvalue weighted by Gasteiger charge is -2.22. The van der Waals surface area contributed by atoms with Gasteiger partial charge in [-0.1, -0.05) is 18.2 Å². The van der Waals surface area contributed by atoms with Crippen LogP contribution in [-0.2, 0) is 13.1 Å². The Hall–Kier alpha value is -2.45. The Bertz CT molecular complexity index is 688. The molecule has 8 nitrogen and oxygen atoms in total. The number of aliphatic hydroxyl groups is 1. The van der Waals surface area contributed by atoms with Crippen LogP contribution in [0.2, 0.25) is 0 Å². The fourth-order valence-corrected chi connectivity index (χ4v) is 2.65. The van der Waals surface area contributed by atoms with Crippen molar-refractivity contribution in [1.82, 2.24) is 14.7 Å². The van der Waals surface area contributed by atoms with Gasteiger partial charge in [0, 0.05) is 25.2 Å². The first-order valence-electron chi connectivity index (χ1n) is 7.40. The van der Waals surface area contributed by atoms with Gasteiger partial charge < -0.3 is 9.84 Å². The molecule has 0 saturated carbocycles. The van der Waals surface area contributed by atoms with Crippen LogP contribution < -0.4 is 4.74 Å². The van der Waals surface area contributed by atoms with Gasteiger partial charge in [-0.05, 0) is 6.07 Å². The number of β-amino-alcohol motifs (C(OH)–C–C–N with tert-alkyl or cyclic N) is 1. The number of ether oxygens (including phenoxy) is 1. The van der Waals surface area contributed by atoms with Gasteiger partial charge in [0.05, 0.1) is 17.6 Å². The molecule has 3 rings (SSSR count). The maximum Gasteiger partial charge on any atom is 0.306 e. The van der Waals surface area contributed by atoms with Crippen LogP contribution in [0.4, 0.5) is 5.69 Å². The molecule has 1 aromatic heterocycles. The highest BCUT2D eigenvalue weighted by atomic mass is 16.6. The van der Waals surface area contributed by atoms with Crippen LogP contribution in [0.5, 0.6) is 5.75 Å². The minimum atomic E-state index is -0.667. The van der Waals surface area contributed by atoms with Crippen LogP contribution in [0.15, 0.2) is 36.7 Å². The van der Waals surface area contributed by atoms with Crippen LogP contribution in [0.25, 0.3) is 0 Å². The molecule has 1 aliphatic heterocycles. The third kappa shape index (κ3) is 3.85. The molecule has 23 heavy (non-hydrogen) atoms. The first kappa shape index (κ1) is 15.4. The lowest BCUT2D eigenvalue weighted by Crippen LogP contribution is -2.35. The predicted octanol–water partition coefficient (Wildman–Crippen LogP) is 1.05. The number of hydrogen-bond acceptors (Lipinski definition) is 6. The van der Waals surface area contributed by atoms with E-state index in [1.165, 1.54) is 17.1 Å². The second-order valence-electron chi connectivity index (χ2n) is 5.52. The van der Waals surface area contributed by atoms with E-state index in [0.29, 0.717) is 26.2 Å². The summed E-state index contributed by atoms with van der Waals surface area (Å²) in [6, 6.07) is 7.86. The van der Waals surface area contributed by atoms with Gasteiger partial charge in [0.2, 0.25) is 0 Å². The van der Waals surface area contributed by atoms with Crippen LogP contribution in [0.1, 0.15) is 5.56 Å². The highest BCUT2D eigenvalue weighted by molar-refractivity contribution is 5.33. The smallest absolute Gasteiger partial charge is 0.306 e. The summed E-state index contributed by atoms with van der Waals surface area (Å²) >= 11 is 0. The minimum absolute atomic E-state index is 0.0747. The maximum absolute atomic E-state index is 10.6. The van der Waals surface area contributed by atoms with Crippen LogP contribution in [-0.4, -0.2) is 50.5 Å². The zero-order valence-electron chi connectivity index (χ0n) is 12.5. The Morgan fingerprint density at radius 3 is 3.00 bits per heavy atom. The number of aromatic nitrogens is 2. The van der Waals surface area contributed by atoms with Gasteiger partial charge in [-0.25, -0.2) is 0 Å². The van der Waals surface area contributed by atoms with E-state index in [0.717, 1.165) is 11.3 Å². The molecule has 0 spiro atoms. The third-order valence-electron chi connectivity index (χ3n) is 3.73. The second-order valence-corrected chi connectivity index (χ2v) is 5.52. The molecule has 1 atom stereocenters. The monoisotopic (exact) mass is 318 g/mol. The van der Waals surface area contributed by atoms with E-state index in [1.54, 1.807) is 0 Å². The number of nitrogens with zero attached hydrogens (tertiary/aromatic N) is 4. The van der Waals surface area contributed by atoms with E-state index in [-0.39, 0.29) is 12.2 Å². The summed E-state index contributed by atoms with van der Waals surface area (Å²) in [6.45, 7) is 2.65. The molecule has 1 aliphatic rings. The van der Waals surface area contributed by atoms with Gasteiger partial charge in [-0.3, -0.25) is 19.7 Å². The largest absolute Gasteiger partial charge is 0.492 e. The number of hydrogen-bond donors (Lipinski definition) is 1. The Balaban J connectivity index is 1.59. The van der Waals surface area contributed by atoms with Crippen molar-refractivity contribution in [1.29, 1.82) is 0 Å². The summed E-state index contributed by atoms with van der Waals surface area (Å²) in [7, 11) is 0.